The van der Waals surface area contributed by atoms with Gasteiger partial charge in [0.15, 0.2) is 0 Å². The fraction of sp³-hybridized carbons (Fsp3) is 0.889. The summed E-state index contributed by atoms with van der Waals surface area (Å²) >= 11 is 0. The van der Waals surface area contributed by atoms with E-state index in [1.54, 1.807) is 0 Å². The fourth-order valence-electron chi connectivity index (χ4n) is 2.27. The molecule has 3 heteroatoms. The van der Waals surface area contributed by atoms with E-state index in [4.69, 9.17) is 0 Å². The van der Waals surface area contributed by atoms with E-state index in [9.17, 15) is 0 Å². The molecule has 1 saturated carbocycles. The van der Waals surface area contributed by atoms with Crippen LogP contribution in [0.2, 0.25) is 0 Å². The van der Waals surface area contributed by atoms with Crippen molar-refractivity contribution in [2.75, 3.05) is 26.7 Å². The third-order valence-corrected chi connectivity index (χ3v) is 3.27. The zero-order valence-electron chi connectivity index (χ0n) is 8.34. The molecule has 1 aliphatic carbocycles. The van der Waals surface area contributed by atoms with Crippen LogP contribution in [0.25, 0.3) is 0 Å². The van der Waals surface area contributed by atoms with Gasteiger partial charge in [0.05, 0.1) is 0 Å². The maximum absolute atomic E-state index is 4.11. The third-order valence-electron chi connectivity index (χ3n) is 3.27. The number of nitrogens with zero attached hydrogens (tertiary/aromatic N) is 2. The van der Waals surface area contributed by atoms with Gasteiger partial charge in [-0.05, 0) is 32.9 Å². The average Bonchev–Trinajstić information content (AvgIpc) is 1.91. The molecule has 0 radical (unpaired) electrons. The Labute approximate surface area is 118 Å². The Morgan fingerprint density at radius 2 is 1.92 bits per heavy atom. The smallest absolute Gasteiger partial charge is 0.452 e. The summed E-state index contributed by atoms with van der Waals surface area (Å²) in [5.41, 5.74) is 0.479. The van der Waals surface area contributed by atoms with Crippen molar-refractivity contribution in [1.29, 1.82) is 0 Å². The van der Waals surface area contributed by atoms with Crippen molar-refractivity contribution in [1.82, 2.24) is 9.80 Å². The predicted molar refractivity (Wildman–Crippen MR) is 46.1 cm³/mol. The van der Waals surface area contributed by atoms with Crippen LogP contribution in [0.15, 0.2) is 0 Å². The van der Waals surface area contributed by atoms with E-state index < -0.39 is 0 Å². The molecule has 1 aliphatic heterocycles. The van der Waals surface area contributed by atoms with Crippen LogP contribution >= 0.6 is 0 Å². The van der Waals surface area contributed by atoms with Gasteiger partial charge in [0.2, 0.25) is 0 Å². The molecule has 0 aromatic rings. The summed E-state index contributed by atoms with van der Waals surface area (Å²) in [6.07, 6.45) is 4.13. The van der Waals surface area contributed by atoms with Crippen molar-refractivity contribution in [3.63, 3.8) is 0 Å². The number of rotatable bonds is 0. The average molecular weight is 192 g/mol. The molecule has 12 heavy (non-hydrogen) atoms. The zero-order chi connectivity index (χ0) is 7.90. The topological polar surface area (TPSA) is 6.48 Å². The summed E-state index contributed by atoms with van der Waals surface area (Å²) in [7, 11) is 6.33. The van der Waals surface area contributed by atoms with Gasteiger partial charge in [-0.15, -0.1) is 0 Å². The van der Waals surface area contributed by atoms with E-state index in [1.807, 2.05) is 0 Å². The van der Waals surface area contributed by atoms with Crippen molar-refractivity contribution < 1.29 is 51.4 Å². The third kappa shape index (κ3) is 1.97. The van der Waals surface area contributed by atoms with Crippen LogP contribution in [0.3, 0.4) is 0 Å². The Bertz CT molecular complexity index is 157. The Kier molecular flexibility index (Phi) is 4.25. The summed E-state index contributed by atoms with van der Waals surface area (Å²) in [6.45, 7) is 3.57. The molecular formula is C9H17KN2. The summed E-state index contributed by atoms with van der Waals surface area (Å²) < 4.78 is 0. The molecule has 64 valence electrons. The summed E-state index contributed by atoms with van der Waals surface area (Å²) in [4.78, 5) is 4.75. The van der Waals surface area contributed by atoms with Crippen LogP contribution in [-0.4, -0.2) is 42.0 Å². The quantitative estimate of drug-likeness (QED) is 0.322. The maximum Gasteiger partial charge on any atom is 1.00 e. The molecule has 2 nitrogen and oxygen atoms in total. The Balaban J connectivity index is 0.000000720. The minimum atomic E-state index is 0. The molecule has 1 heterocycles. The van der Waals surface area contributed by atoms with Crippen molar-refractivity contribution in [2.24, 2.45) is 0 Å². The second-order valence-corrected chi connectivity index (χ2v) is 4.08. The molecule has 0 aromatic carbocycles. The van der Waals surface area contributed by atoms with Crippen LogP contribution < -0.4 is 51.4 Å². The predicted octanol–water partition coefficient (Wildman–Crippen LogP) is -2.05. The van der Waals surface area contributed by atoms with Crippen molar-refractivity contribution in [2.45, 2.75) is 24.8 Å². The number of hydrogen-bond donors (Lipinski definition) is 0. The number of piperazine rings is 1. The minimum Gasteiger partial charge on any atom is -0.452 e. The van der Waals surface area contributed by atoms with E-state index in [2.05, 4.69) is 23.9 Å². The second-order valence-electron chi connectivity index (χ2n) is 4.08. The van der Waals surface area contributed by atoms with Crippen molar-refractivity contribution in [3.8, 4) is 0 Å². The molecule has 2 fully saturated rings. The summed E-state index contributed by atoms with van der Waals surface area (Å²) in [5, 5.41) is 0. The van der Waals surface area contributed by atoms with Crippen LogP contribution in [0.1, 0.15) is 19.3 Å². The fourth-order valence-corrected chi connectivity index (χ4v) is 2.27. The Morgan fingerprint density at radius 3 is 2.33 bits per heavy atom. The monoisotopic (exact) mass is 192 g/mol. The van der Waals surface area contributed by atoms with Crippen LogP contribution in [0.5, 0.6) is 0 Å². The zero-order valence-corrected chi connectivity index (χ0v) is 11.5. The first-order chi connectivity index (χ1) is 5.23. The molecule has 1 spiro atoms. The molecule has 2 rings (SSSR count). The molecule has 0 unspecified atom stereocenters. The van der Waals surface area contributed by atoms with E-state index in [0.717, 1.165) is 6.54 Å². The molecule has 1 saturated heterocycles. The minimum absolute atomic E-state index is 0. The van der Waals surface area contributed by atoms with Gasteiger partial charge in [0, 0.05) is 18.6 Å². The van der Waals surface area contributed by atoms with Gasteiger partial charge < -0.3 is 9.80 Å². The number of likely N-dealkylation sites (N-methyl/N-ethyl adjacent to an activating group) is 1. The Hall–Kier alpha value is 1.56. The van der Waals surface area contributed by atoms with E-state index in [-0.39, 0.29) is 51.4 Å². The van der Waals surface area contributed by atoms with E-state index >= 15 is 0 Å². The first-order valence-corrected chi connectivity index (χ1v) is 4.50. The van der Waals surface area contributed by atoms with Gasteiger partial charge in [-0.1, -0.05) is 0 Å². The Morgan fingerprint density at radius 1 is 1.25 bits per heavy atom. The van der Waals surface area contributed by atoms with Gasteiger partial charge in [-0.25, -0.2) is 0 Å². The maximum atomic E-state index is 4.11. The van der Waals surface area contributed by atoms with E-state index in [0.29, 0.717) is 5.54 Å². The van der Waals surface area contributed by atoms with Crippen molar-refractivity contribution >= 4 is 0 Å². The van der Waals surface area contributed by atoms with Gasteiger partial charge in [0.1, 0.15) is 0 Å². The van der Waals surface area contributed by atoms with Crippen LogP contribution in [0, 0.1) is 7.05 Å². The van der Waals surface area contributed by atoms with Gasteiger partial charge in [-0.2, -0.15) is 0 Å². The summed E-state index contributed by atoms with van der Waals surface area (Å²) in [5.74, 6) is 0. The number of hydrogen-bond acceptors (Lipinski definition) is 2. The van der Waals surface area contributed by atoms with Crippen molar-refractivity contribution in [3.05, 3.63) is 7.05 Å². The normalized spacial score (nSPS) is 29.5. The molecule has 2 aliphatic rings. The largest absolute Gasteiger partial charge is 1.00 e. The molecule has 0 aromatic heterocycles. The first kappa shape index (κ1) is 11.6. The van der Waals surface area contributed by atoms with Gasteiger partial charge >= 0.3 is 51.4 Å². The second kappa shape index (κ2) is 4.38. The molecular weight excluding hydrogens is 175 g/mol. The van der Waals surface area contributed by atoms with Crippen LogP contribution in [-0.2, 0) is 0 Å². The SMILES string of the molecule is [CH2-]N1CCN(C)CC12CCC2.[K+]. The van der Waals surface area contributed by atoms with Gasteiger partial charge in [-0.3, -0.25) is 7.05 Å². The van der Waals surface area contributed by atoms with Crippen LogP contribution in [0.4, 0.5) is 0 Å². The van der Waals surface area contributed by atoms with Gasteiger partial charge in [0.25, 0.3) is 0 Å². The molecule has 0 bridgehead atoms. The molecule has 0 atom stereocenters. The first-order valence-electron chi connectivity index (χ1n) is 4.50. The van der Waals surface area contributed by atoms with E-state index in [1.165, 1.54) is 32.4 Å². The standard InChI is InChI=1S/C9H17N2.K/c1-10-6-7-11(2)9(8-10)4-3-5-9;/h2-8H2,1H3;/q-1;+1. The molecule has 0 N–H and O–H groups in total. The molecule has 0 amide bonds. The summed E-state index contributed by atoms with van der Waals surface area (Å²) in [6, 6.07) is 0.